The molecule has 0 aliphatic heterocycles. The summed E-state index contributed by atoms with van der Waals surface area (Å²) in [6.45, 7) is 0. The van der Waals surface area contributed by atoms with Gasteiger partial charge in [-0.25, -0.2) is 0 Å². The number of aliphatic hydroxyl groups is 1. The van der Waals surface area contributed by atoms with Gasteiger partial charge in [0, 0.05) is 11.1 Å². The van der Waals surface area contributed by atoms with Gasteiger partial charge in [0.2, 0.25) is 5.78 Å². The normalized spacial score (nSPS) is 19.4. The van der Waals surface area contributed by atoms with E-state index in [0.29, 0.717) is 16.7 Å². The van der Waals surface area contributed by atoms with Crippen LogP contribution in [0.5, 0.6) is 0 Å². The van der Waals surface area contributed by atoms with Crippen LogP contribution in [0.15, 0.2) is 78.9 Å². The molecule has 4 rings (SSSR count). The SMILES string of the molecule is O=C1c2ccccc2-c2ccccc2C1(O)c1ccccc1. The second-order valence-corrected chi connectivity index (χ2v) is 5.50. The number of carbonyl (C=O) groups excluding carboxylic acids is 1. The number of hydrogen-bond donors (Lipinski definition) is 1. The number of rotatable bonds is 1. The monoisotopic (exact) mass is 286 g/mol. The van der Waals surface area contributed by atoms with Gasteiger partial charge in [0.15, 0.2) is 5.60 Å². The zero-order valence-electron chi connectivity index (χ0n) is 11.9. The molecule has 0 aromatic heterocycles. The Morgan fingerprint density at radius 1 is 0.636 bits per heavy atom. The van der Waals surface area contributed by atoms with Crippen LogP contribution >= 0.6 is 0 Å². The van der Waals surface area contributed by atoms with Crippen LogP contribution in [-0.4, -0.2) is 10.9 Å². The van der Waals surface area contributed by atoms with Crippen molar-refractivity contribution < 1.29 is 9.90 Å². The molecule has 3 aromatic carbocycles. The van der Waals surface area contributed by atoms with E-state index in [-0.39, 0.29) is 5.78 Å². The maximum atomic E-state index is 13.1. The third-order valence-electron chi connectivity index (χ3n) is 4.30. The highest BCUT2D eigenvalue weighted by molar-refractivity contribution is 6.13. The molecule has 1 aliphatic carbocycles. The van der Waals surface area contributed by atoms with E-state index in [1.165, 1.54) is 0 Å². The average molecular weight is 286 g/mol. The van der Waals surface area contributed by atoms with Crippen molar-refractivity contribution in [1.82, 2.24) is 0 Å². The molecule has 0 spiro atoms. The molecule has 1 atom stereocenters. The predicted molar refractivity (Wildman–Crippen MR) is 85.6 cm³/mol. The average Bonchev–Trinajstić information content (AvgIpc) is 2.60. The summed E-state index contributed by atoms with van der Waals surface area (Å²) >= 11 is 0. The molecule has 0 radical (unpaired) electrons. The van der Waals surface area contributed by atoms with E-state index in [2.05, 4.69) is 0 Å². The van der Waals surface area contributed by atoms with E-state index in [1.807, 2.05) is 60.7 Å². The third kappa shape index (κ3) is 1.62. The molecule has 1 unspecified atom stereocenters. The number of benzene rings is 3. The Morgan fingerprint density at radius 3 is 1.91 bits per heavy atom. The second kappa shape index (κ2) is 4.65. The fraction of sp³-hybridized carbons (Fsp3) is 0.0500. The minimum absolute atomic E-state index is 0.270. The summed E-state index contributed by atoms with van der Waals surface area (Å²) in [5.41, 5.74) is 1.96. The van der Waals surface area contributed by atoms with Gasteiger partial charge in [0.05, 0.1) is 0 Å². The van der Waals surface area contributed by atoms with Gasteiger partial charge in [-0.05, 0) is 16.7 Å². The first-order chi connectivity index (χ1) is 10.7. The molecule has 106 valence electrons. The van der Waals surface area contributed by atoms with Gasteiger partial charge in [-0.1, -0.05) is 78.9 Å². The molecule has 3 aromatic rings. The van der Waals surface area contributed by atoms with Crippen LogP contribution in [0.4, 0.5) is 0 Å². The van der Waals surface area contributed by atoms with Gasteiger partial charge in [-0.2, -0.15) is 0 Å². The summed E-state index contributed by atoms with van der Waals surface area (Å²) < 4.78 is 0. The fourth-order valence-electron chi connectivity index (χ4n) is 3.23. The van der Waals surface area contributed by atoms with Crippen molar-refractivity contribution in [1.29, 1.82) is 0 Å². The third-order valence-corrected chi connectivity index (χ3v) is 4.30. The van der Waals surface area contributed by atoms with Crippen LogP contribution < -0.4 is 0 Å². The molecule has 1 aliphatic rings. The first-order valence-electron chi connectivity index (χ1n) is 7.24. The van der Waals surface area contributed by atoms with Crippen LogP contribution in [-0.2, 0) is 5.60 Å². The Bertz CT molecular complexity index is 868. The molecule has 0 heterocycles. The first-order valence-corrected chi connectivity index (χ1v) is 7.24. The number of carbonyl (C=O) groups is 1. The quantitative estimate of drug-likeness (QED) is 0.739. The summed E-state index contributed by atoms with van der Waals surface area (Å²) in [6, 6.07) is 24.2. The molecule has 1 N–H and O–H groups in total. The summed E-state index contributed by atoms with van der Waals surface area (Å²) in [7, 11) is 0. The Hall–Kier alpha value is -2.71. The smallest absolute Gasteiger partial charge is 0.204 e. The Labute approximate surface area is 128 Å². The number of fused-ring (bicyclic) bond motifs is 3. The minimum atomic E-state index is -1.63. The van der Waals surface area contributed by atoms with Crippen LogP contribution in [0, 0.1) is 0 Å². The standard InChI is InChI=1S/C20H14O2/c21-19-17-12-5-4-10-15(17)16-11-6-7-13-18(16)20(19,22)14-8-2-1-3-9-14/h1-13,22H. The lowest BCUT2D eigenvalue weighted by Crippen LogP contribution is -2.40. The van der Waals surface area contributed by atoms with Crippen molar-refractivity contribution in [3.8, 4) is 11.1 Å². The van der Waals surface area contributed by atoms with Crippen molar-refractivity contribution in [2.45, 2.75) is 5.60 Å². The van der Waals surface area contributed by atoms with Crippen molar-refractivity contribution in [3.05, 3.63) is 95.6 Å². The van der Waals surface area contributed by atoms with E-state index in [0.717, 1.165) is 11.1 Å². The van der Waals surface area contributed by atoms with E-state index in [9.17, 15) is 9.90 Å². The van der Waals surface area contributed by atoms with E-state index < -0.39 is 5.60 Å². The van der Waals surface area contributed by atoms with Gasteiger partial charge >= 0.3 is 0 Å². The van der Waals surface area contributed by atoms with Crippen molar-refractivity contribution in [3.63, 3.8) is 0 Å². The van der Waals surface area contributed by atoms with Crippen LogP contribution in [0.3, 0.4) is 0 Å². The molecule has 0 saturated heterocycles. The molecule has 2 heteroatoms. The second-order valence-electron chi connectivity index (χ2n) is 5.50. The molecular weight excluding hydrogens is 272 g/mol. The number of ketones is 1. The molecule has 0 amide bonds. The molecule has 0 saturated carbocycles. The maximum Gasteiger partial charge on any atom is 0.204 e. The Kier molecular flexibility index (Phi) is 2.75. The van der Waals surface area contributed by atoms with Crippen LogP contribution in [0.1, 0.15) is 21.5 Å². The summed E-state index contributed by atoms with van der Waals surface area (Å²) in [6.07, 6.45) is 0. The topological polar surface area (TPSA) is 37.3 Å². The van der Waals surface area contributed by atoms with E-state index >= 15 is 0 Å². The van der Waals surface area contributed by atoms with Crippen molar-refractivity contribution in [2.24, 2.45) is 0 Å². The zero-order valence-corrected chi connectivity index (χ0v) is 11.9. The Morgan fingerprint density at radius 2 is 1.18 bits per heavy atom. The molecule has 22 heavy (non-hydrogen) atoms. The first kappa shape index (κ1) is 13.0. The minimum Gasteiger partial charge on any atom is -0.373 e. The number of Topliss-reactive ketones (excluding diaryl/α,β-unsaturated/α-hetero) is 1. The lowest BCUT2D eigenvalue weighted by Gasteiger charge is -2.34. The molecular formula is C20H14O2. The zero-order chi connectivity index (χ0) is 15.2. The molecule has 0 bridgehead atoms. The van der Waals surface area contributed by atoms with Crippen molar-refractivity contribution >= 4 is 5.78 Å². The lowest BCUT2D eigenvalue weighted by atomic mass is 9.71. The fourth-order valence-corrected chi connectivity index (χ4v) is 3.23. The van der Waals surface area contributed by atoms with Crippen LogP contribution in [0.2, 0.25) is 0 Å². The number of hydrogen-bond acceptors (Lipinski definition) is 2. The largest absolute Gasteiger partial charge is 0.373 e. The highest BCUT2D eigenvalue weighted by Gasteiger charge is 2.45. The van der Waals surface area contributed by atoms with E-state index in [1.54, 1.807) is 18.2 Å². The molecule has 0 fully saturated rings. The summed E-state index contributed by atoms with van der Waals surface area (Å²) in [5.74, 6) is -0.270. The highest BCUT2D eigenvalue weighted by atomic mass is 16.3. The van der Waals surface area contributed by atoms with Gasteiger partial charge in [0.25, 0.3) is 0 Å². The van der Waals surface area contributed by atoms with Gasteiger partial charge in [-0.3, -0.25) is 4.79 Å². The van der Waals surface area contributed by atoms with Gasteiger partial charge in [0.1, 0.15) is 0 Å². The van der Waals surface area contributed by atoms with Crippen molar-refractivity contribution in [2.75, 3.05) is 0 Å². The molecule has 2 nitrogen and oxygen atoms in total. The lowest BCUT2D eigenvalue weighted by molar-refractivity contribution is 0.0483. The van der Waals surface area contributed by atoms with Crippen LogP contribution in [0.25, 0.3) is 11.1 Å². The Balaban J connectivity index is 2.09. The predicted octanol–water partition coefficient (Wildman–Crippen LogP) is 3.79. The van der Waals surface area contributed by atoms with Gasteiger partial charge < -0.3 is 5.11 Å². The van der Waals surface area contributed by atoms with Gasteiger partial charge in [-0.15, -0.1) is 0 Å². The highest BCUT2D eigenvalue weighted by Crippen LogP contribution is 2.44. The summed E-state index contributed by atoms with van der Waals surface area (Å²) in [4.78, 5) is 13.1. The summed E-state index contributed by atoms with van der Waals surface area (Å²) in [5, 5.41) is 11.4. The van der Waals surface area contributed by atoms with E-state index in [4.69, 9.17) is 0 Å². The maximum absolute atomic E-state index is 13.1.